The molecule has 0 bridgehead atoms. The lowest BCUT2D eigenvalue weighted by Crippen LogP contribution is -2.42. The molecule has 1 saturated heterocycles. The summed E-state index contributed by atoms with van der Waals surface area (Å²) in [7, 11) is 0. The molecule has 2 heterocycles. The maximum atomic E-state index is 5.90. The first-order chi connectivity index (χ1) is 7.36. The zero-order chi connectivity index (χ0) is 10.5. The SMILES string of the molecule is Clc1cncnc1NCC1CNCCO1. The lowest BCUT2D eigenvalue weighted by Gasteiger charge is -2.24. The molecule has 1 unspecified atom stereocenters. The lowest BCUT2D eigenvalue weighted by atomic mass is 10.3. The van der Waals surface area contributed by atoms with Crippen LogP contribution in [0, 0.1) is 0 Å². The molecule has 0 amide bonds. The molecule has 1 fully saturated rings. The van der Waals surface area contributed by atoms with Crippen LogP contribution in [0.1, 0.15) is 0 Å². The van der Waals surface area contributed by atoms with Crippen molar-refractivity contribution in [2.24, 2.45) is 0 Å². The molecule has 0 spiro atoms. The molecule has 5 nitrogen and oxygen atoms in total. The number of morpholine rings is 1. The first-order valence-electron chi connectivity index (χ1n) is 4.88. The number of hydrogen-bond donors (Lipinski definition) is 2. The van der Waals surface area contributed by atoms with Gasteiger partial charge in [0.2, 0.25) is 0 Å². The van der Waals surface area contributed by atoms with E-state index in [2.05, 4.69) is 20.6 Å². The summed E-state index contributed by atoms with van der Waals surface area (Å²) in [5.41, 5.74) is 0. The second-order valence-corrected chi connectivity index (χ2v) is 3.70. The van der Waals surface area contributed by atoms with Crippen LogP contribution in [0.4, 0.5) is 5.82 Å². The highest BCUT2D eigenvalue weighted by Crippen LogP contribution is 2.15. The third-order valence-corrected chi connectivity index (χ3v) is 2.45. The molecule has 1 aliphatic rings. The van der Waals surface area contributed by atoms with Crippen molar-refractivity contribution in [3.63, 3.8) is 0 Å². The number of halogens is 1. The van der Waals surface area contributed by atoms with Crippen LogP contribution >= 0.6 is 11.6 Å². The molecule has 1 aromatic heterocycles. The smallest absolute Gasteiger partial charge is 0.148 e. The van der Waals surface area contributed by atoms with Gasteiger partial charge in [0.15, 0.2) is 0 Å². The van der Waals surface area contributed by atoms with Gasteiger partial charge in [-0.15, -0.1) is 0 Å². The number of anilines is 1. The summed E-state index contributed by atoms with van der Waals surface area (Å²) < 4.78 is 5.53. The standard InChI is InChI=1S/C9H13ClN4O/c10-8-5-12-6-14-9(8)13-4-7-3-11-1-2-15-7/h5-7,11H,1-4H2,(H,12,13,14). The molecule has 1 aromatic rings. The number of nitrogens with one attached hydrogen (secondary N) is 2. The summed E-state index contributed by atoms with van der Waals surface area (Å²) in [5, 5.41) is 6.92. The number of nitrogens with zero attached hydrogens (tertiary/aromatic N) is 2. The number of hydrogen-bond acceptors (Lipinski definition) is 5. The third kappa shape index (κ3) is 3.02. The van der Waals surface area contributed by atoms with Gasteiger partial charge in [-0.3, -0.25) is 0 Å². The Morgan fingerprint density at radius 1 is 1.67 bits per heavy atom. The van der Waals surface area contributed by atoms with Gasteiger partial charge in [-0.05, 0) is 0 Å². The Hall–Kier alpha value is -0.910. The van der Waals surface area contributed by atoms with Crippen molar-refractivity contribution >= 4 is 17.4 Å². The molecular formula is C9H13ClN4O. The van der Waals surface area contributed by atoms with Gasteiger partial charge in [0.1, 0.15) is 17.2 Å². The Kier molecular flexibility index (Phi) is 3.71. The zero-order valence-electron chi connectivity index (χ0n) is 8.24. The predicted molar refractivity (Wildman–Crippen MR) is 58.1 cm³/mol. The number of rotatable bonds is 3. The second kappa shape index (κ2) is 5.25. The highest BCUT2D eigenvalue weighted by Gasteiger charge is 2.13. The van der Waals surface area contributed by atoms with Crippen molar-refractivity contribution in [3.8, 4) is 0 Å². The van der Waals surface area contributed by atoms with Crippen molar-refractivity contribution in [1.82, 2.24) is 15.3 Å². The molecule has 0 aromatic carbocycles. The minimum Gasteiger partial charge on any atom is -0.374 e. The Morgan fingerprint density at radius 3 is 3.33 bits per heavy atom. The van der Waals surface area contributed by atoms with Crippen LogP contribution in [-0.2, 0) is 4.74 Å². The van der Waals surface area contributed by atoms with Crippen molar-refractivity contribution in [2.45, 2.75) is 6.10 Å². The van der Waals surface area contributed by atoms with Crippen LogP contribution in [0.25, 0.3) is 0 Å². The van der Waals surface area contributed by atoms with Crippen LogP contribution in [0.15, 0.2) is 12.5 Å². The van der Waals surface area contributed by atoms with Gasteiger partial charge in [0.05, 0.1) is 18.9 Å². The molecule has 2 rings (SSSR count). The van der Waals surface area contributed by atoms with Gasteiger partial charge in [0.25, 0.3) is 0 Å². The van der Waals surface area contributed by atoms with Crippen LogP contribution in [0.3, 0.4) is 0 Å². The third-order valence-electron chi connectivity index (χ3n) is 2.17. The molecule has 1 atom stereocenters. The Balaban J connectivity index is 1.84. The van der Waals surface area contributed by atoms with Gasteiger partial charge in [0, 0.05) is 19.6 Å². The van der Waals surface area contributed by atoms with Gasteiger partial charge >= 0.3 is 0 Å². The monoisotopic (exact) mass is 228 g/mol. The van der Waals surface area contributed by atoms with E-state index in [9.17, 15) is 0 Å². The van der Waals surface area contributed by atoms with E-state index in [0.29, 0.717) is 17.4 Å². The summed E-state index contributed by atoms with van der Waals surface area (Å²) in [6, 6.07) is 0. The highest BCUT2D eigenvalue weighted by atomic mass is 35.5. The van der Waals surface area contributed by atoms with Gasteiger partial charge < -0.3 is 15.4 Å². The van der Waals surface area contributed by atoms with E-state index in [0.717, 1.165) is 19.7 Å². The van der Waals surface area contributed by atoms with E-state index in [1.54, 1.807) is 6.20 Å². The van der Waals surface area contributed by atoms with E-state index in [-0.39, 0.29) is 6.10 Å². The maximum absolute atomic E-state index is 5.90. The number of ether oxygens (including phenoxy) is 1. The average Bonchev–Trinajstić information content (AvgIpc) is 2.29. The molecule has 0 saturated carbocycles. The van der Waals surface area contributed by atoms with Crippen LogP contribution in [0.2, 0.25) is 5.02 Å². The fourth-order valence-corrected chi connectivity index (χ4v) is 1.58. The first kappa shape index (κ1) is 10.6. The van der Waals surface area contributed by atoms with Crippen LogP contribution < -0.4 is 10.6 Å². The van der Waals surface area contributed by atoms with Gasteiger partial charge in [-0.1, -0.05) is 11.6 Å². The molecule has 1 aliphatic heterocycles. The number of aromatic nitrogens is 2. The summed E-state index contributed by atoms with van der Waals surface area (Å²) in [6.07, 6.45) is 3.20. The normalized spacial score (nSPS) is 21.3. The minimum atomic E-state index is 0.171. The Labute approximate surface area is 93.2 Å². The fraction of sp³-hybridized carbons (Fsp3) is 0.556. The van der Waals surface area contributed by atoms with Gasteiger partial charge in [-0.2, -0.15) is 0 Å². The molecule has 0 radical (unpaired) electrons. The van der Waals surface area contributed by atoms with Crippen LogP contribution in [0.5, 0.6) is 0 Å². The second-order valence-electron chi connectivity index (χ2n) is 3.30. The van der Waals surface area contributed by atoms with Crippen LogP contribution in [-0.4, -0.2) is 42.3 Å². The van der Waals surface area contributed by atoms with Crippen molar-refractivity contribution < 1.29 is 4.74 Å². The first-order valence-corrected chi connectivity index (χ1v) is 5.26. The fourth-order valence-electron chi connectivity index (χ4n) is 1.40. The molecular weight excluding hydrogens is 216 g/mol. The minimum absolute atomic E-state index is 0.171. The molecule has 2 N–H and O–H groups in total. The Bertz CT molecular complexity index is 317. The summed E-state index contributed by atoms with van der Waals surface area (Å²) >= 11 is 5.90. The van der Waals surface area contributed by atoms with Gasteiger partial charge in [-0.25, -0.2) is 9.97 Å². The van der Waals surface area contributed by atoms with E-state index < -0.39 is 0 Å². The summed E-state index contributed by atoms with van der Waals surface area (Å²) in [5.74, 6) is 0.654. The quantitative estimate of drug-likeness (QED) is 0.791. The van der Waals surface area contributed by atoms with Crippen molar-refractivity contribution in [1.29, 1.82) is 0 Å². The van der Waals surface area contributed by atoms with E-state index in [4.69, 9.17) is 16.3 Å². The average molecular weight is 229 g/mol. The molecule has 82 valence electrons. The topological polar surface area (TPSA) is 59.1 Å². The van der Waals surface area contributed by atoms with E-state index in [1.165, 1.54) is 6.33 Å². The van der Waals surface area contributed by atoms with Crippen molar-refractivity contribution in [2.75, 3.05) is 31.6 Å². The maximum Gasteiger partial charge on any atom is 0.148 e. The summed E-state index contributed by atoms with van der Waals surface area (Å²) in [4.78, 5) is 7.85. The summed E-state index contributed by atoms with van der Waals surface area (Å²) in [6.45, 7) is 3.23. The lowest BCUT2D eigenvalue weighted by molar-refractivity contribution is 0.0372. The molecule has 0 aliphatic carbocycles. The van der Waals surface area contributed by atoms with E-state index in [1.807, 2.05) is 0 Å². The Morgan fingerprint density at radius 2 is 2.60 bits per heavy atom. The van der Waals surface area contributed by atoms with E-state index >= 15 is 0 Å². The largest absolute Gasteiger partial charge is 0.374 e. The highest BCUT2D eigenvalue weighted by molar-refractivity contribution is 6.32. The predicted octanol–water partition coefficient (Wildman–Crippen LogP) is 0.530. The van der Waals surface area contributed by atoms with Crippen molar-refractivity contribution in [3.05, 3.63) is 17.5 Å². The molecule has 6 heteroatoms. The zero-order valence-corrected chi connectivity index (χ0v) is 9.00. The molecule has 15 heavy (non-hydrogen) atoms.